The van der Waals surface area contributed by atoms with Gasteiger partial charge < -0.3 is 4.42 Å². The van der Waals surface area contributed by atoms with Gasteiger partial charge in [0, 0.05) is 5.39 Å². The zero-order chi connectivity index (χ0) is 11.1. The molecule has 0 bridgehead atoms. The molecule has 0 aliphatic heterocycles. The largest absolute Gasteiger partial charge is 0.462 e. The van der Waals surface area contributed by atoms with E-state index in [4.69, 9.17) is 4.42 Å². The van der Waals surface area contributed by atoms with Gasteiger partial charge in [-0.3, -0.25) is 4.79 Å². The van der Waals surface area contributed by atoms with Gasteiger partial charge in [-0.05, 0) is 27.4 Å². The molecule has 0 unspecified atom stereocenters. The Morgan fingerprint density at radius 3 is 2.69 bits per heavy atom. The second-order valence-corrected chi connectivity index (χ2v) is 4.43. The van der Waals surface area contributed by atoms with E-state index >= 15 is 0 Å². The number of rotatable bonds is 0. The van der Waals surface area contributed by atoms with Crippen LogP contribution < -0.4 is 5.43 Å². The Balaban J connectivity index is 2.63. The van der Waals surface area contributed by atoms with Crippen LogP contribution in [0.25, 0.3) is 21.7 Å². The average Bonchev–Trinajstić information content (AvgIpc) is 2.33. The van der Waals surface area contributed by atoms with Crippen LogP contribution in [0.15, 0.2) is 56.3 Å². The van der Waals surface area contributed by atoms with Crippen LogP contribution in [-0.2, 0) is 0 Å². The van der Waals surface area contributed by atoms with Crippen molar-refractivity contribution in [2.45, 2.75) is 0 Å². The maximum atomic E-state index is 11.9. The molecule has 0 aliphatic carbocycles. The number of hydrogen-bond donors (Lipinski definition) is 0. The summed E-state index contributed by atoms with van der Waals surface area (Å²) >= 11 is 3.17. The van der Waals surface area contributed by atoms with Gasteiger partial charge >= 0.3 is 0 Å². The summed E-state index contributed by atoms with van der Waals surface area (Å²) in [7, 11) is 0. The molecule has 0 amide bonds. The predicted molar refractivity (Wildman–Crippen MR) is 67.7 cm³/mol. The van der Waals surface area contributed by atoms with Gasteiger partial charge in [0.05, 0.1) is 5.39 Å². The third-order valence-corrected chi connectivity index (χ3v) is 3.17. The van der Waals surface area contributed by atoms with Crippen molar-refractivity contribution >= 4 is 37.7 Å². The summed E-state index contributed by atoms with van der Waals surface area (Å²) in [4.78, 5) is 11.9. The van der Waals surface area contributed by atoms with Crippen LogP contribution in [0.2, 0.25) is 0 Å². The molecule has 0 aliphatic rings. The Labute approximate surface area is 99.6 Å². The van der Waals surface area contributed by atoms with Crippen molar-refractivity contribution in [3.63, 3.8) is 0 Å². The minimum absolute atomic E-state index is 0.0352. The molecular formula is C13H7BrO2. The van der Waals surface area contributed by atoms with Crippen LogP contribution in [0, 0.1) is 0 Å². The maximum absolute atomic E-state index is 11.9. The van der Waals surface area contributed by atoms with E-state index in [0.29, 0.717) is 15.4 Å². The summed E-state index contributed by atoms with van der Waals surface area (Å²) in [6.45, 7) is 0. The second-order valence-electron chi connectivity index (χ2n) is 3.58. The van der Waals surface area contributed by atoms with Gasteiger partial charge in [0.2, 0.25) is 5.43 Å². The fourth-order valence-corrected chi connectivity index (χ4v) is 2.15. The first-order valence-electron chi connectivity index (χ1n) is 4.86. The number of halogens is 1. The molecule has 2 nitrogen and oxygen atoms in total. The fourth-order valence-electron chi connectivity index (χ4n) is 1.84. The van der Waals surface area contributed by atoms with Crippen LogP contribution in [0.3, 0.4) is 0 Å². The van der Waals surface area contributed by atoms with Crippen LogP contribution in [0.1, 0.15) is 0 Å². The van der Waals surface area contributed by atoms with E-state index in [1.165, 1.54) is 6.26 Å². The molecule has 78 valence electrons. The molecule has 1 aromatic heterocycles. The smallest absolute Gasteiger partial charge is 0.206 e. The highest BCUT2D eigenvalue weighted by Crippen LogP contribution is 2.24. The first kappa shape index (κ1) is 9.60. The van der Waals surface area contributed by atoms with E-state index in [-0.39, 0.29) is 5.43 Å². The van der Waals surface area contributed by atoms with Gasteiger partial charge in [-0.15, -0.1) is 0 Å². The quantitative estimate of drug-likeness (QED) is 0.585. The summed E-state index contributed by atoms with van der Waals surface area (Å²) in [5.41, 5.74) is 0.610. The molecule has 0 N–H and O–H groups in total. The lowest BCUT2D eigenvalue weighted by molar-refractivity contribution is 0.602. The Bertz CT molecular complexity index is 744. The average molecular weight is 275 g/mol. The van der Waals surface area contributed by atoms with Crippen LogP contribution in [-0.4, -0.2) is 0 Å². The monoisotopic (exact) mass is 274 g/mol. The van der Waals surface area contributed by atoms with Crippen molar-refractivity contribution < 1.29 is 4.42 Å². The van der Waals surface area contributed by atoms with E-state index in [2.05, 4.69) is 15.9 Å². The number of fused-ring (bicyclic) bond motifs is 3. The lowest BCUT2D eigenvalue weighted by atomic mass is 10.1. The van der Waals surface area contributed by atoms with Gasteiger partial charge in [-0.2, -0.15) is 0 Å². The first-order chi connectivity index (χ1) is 7.77. The van der Waals surface area contributed by atoms with Crippen molar-refractivity contribution in [3.05, 3.63) is 57.4 Å². The highest BCUT2D eigenvalue weighted by Gasteiger charge is 2.07. The lowest BCUT2D eigenvalue weighted by Crippen LogP contribution is -2.01. The summed E-state index contributed by atoms with van der Waals surface area (Å²) in [6.07, 6.45) is 1.44. The van der Waals surface area contributed by atoms with Gasteiger partial charge in [0.1, 0.15) is 16.3 Å². The Morgan fingerprint density at radius 1 is 1.00 bits per heavy atom. The van der Waals surface area contributed by atoms with Crippen LogP contribution >= 0.6 is 15.9 Å². The highest BCUT2D eigenvalue weighted by molar-refractivity contribution is 9.10. The Hall–Kier alpha value is -1.61. The molecule has 0 radical (unpaired) electrons. The fraction of sp³-hybridized carbons (Fsp3) is 0. The lowest BCUT2D eigenvalue weighted by Gasteiger charge is -2.01. The molecule has 0 fully saturated rings. The summed E-state index contributed by atoms with van der Waals surface area (Å²) in [6, 6.07) is 11.6. The molecule has 2 aromatic carbocycles. The standard InChI is InChI=1S/C13H7BrO2/c14-11-7-16-13-9-4-2-1-3-8(9)5-6-10(13)12(11)15/h1-7H. The van der Waals surface area contributed by atoms with Crippen molar-refractivity contribution in [2.75, 3.05) is 0 Å². The van der Waals surface area contributed by atoms with E-state index in [1.807, 2.05) is 30.3 Å². The summed E-state index contributed by atoms with van der Waals surface area (Å²) < 4.78 is 5.94. The molecule has 3 aromatic rings. The number of hydrogen-bond acceptors (Lipinski definition) is 2. The second kappa shape index (κ2) is 3.46. The molecular weight excluding hydrogens is 268 g/mol. The van der Waals surface area contributed by atoms with E-state index in [1.54, 1.807) is 6.07 Å². The van der Waals surface area contributed by atoms with Gasteiger partial charge in [-0.25, -0.2) is 0 Å². The zero-order valence-electron chi connectivity index (χ0n) is 8.24. The van der Waals surface area contributed by atoms with Crippen molar-refractivity contribution in [2.24, 2.45) is 0 Å². The number of benzene rings is 2. The maximum Gasteiger partial charge on any atom is 0.206 e. The van der Waals surface area contributed by atoms with Crippen LogP contribution in [0.4, 0.5) is 0 Å². The van der Waals surface area contributed by atoms with E-state index < -0.39 is 0 Å². The summed E-state index contributed by atoms with van der Waals surface area (Å²) in [5.74, 6) is 0. The molecule has 0 saturated heterocycles. The van der Waals surface area contributed by atoms with Gasteiger partial charge in [-0.1, -0.05) is 30.3 Å². The van der Waals surface area contributed by atoms with E-state index in [9.17, 15) is 4.79 Å². The normalized spacial score (nSPS) is 11.1. The topological polar surface area (TPSA) is 30.2 Å². The molecule has 0 spiro atoms. The molecule has 3 heteroatoms. The third-order valence-electron chi connectivity index (χ3n) is 2.62. The first-order valence-corrected chi connectivity index (χ1v) is 5.65. The SMILES string of the molecule is O=c1c(Br)coc2c1ccc1ccccc12. The third kappa shape index (κ3) is 1.28. The minimum Gasteiger partial charge on any atom is -0.462 e. The molecule has 0 atom stereocenters. The Morgan fingerprint density at radius 2 is 1.81 bits per heavy atom. The van der Waals surface area contributed by atoms with Crippen molar-refractivity contribution in [3.8, 4) is 0 Å². The molecule has 16 heavy (non-hydrogen) atoms. The van der Waals surface area contributed by atoms with Crippen LogP contribution in [0.5, 0.6) is 0 Å². The van der Waals surface area contributed by atoms with E-state index in [0.717, 1.165) is 10.8 Å². The Kier molecular flexibility index (Phi) is 2.07. The molecule has 3 rings (SSSR count). The minimum atomic E-state index is -0.0352. The summed E-state index contributed by atoms with van der Waals surface area (Å²) in [5, 5.41) is 2.64. The predicted octanol–water partition coefficient (Wildman–Crippen LogP) is 3.71. The molecule has 1 heterocycles. The van der Waals surface area contributed by atoms with Crippen molar-refractivity contribution in [1.29, 1.82) is 0 Å². The zero-order valence-corrected chi connectivity index (χ0v) is 9.82. The van der Waals surface area contributed by atoms with Crippen molar-refractivity contribution in [1.82, 2.24) is 0 Å². The van der Waals surface area contributed by atoms with Gasteiger partial charge in [0.25, 0.3) is 0 Å². The molecule has 0 saturated carbocycles. The van der Waals surface area contributed by atoms with Gasteiger partial charge in [0.15, 0.2) is 0 Å². The highest BCUT2D eigenvalue weighted by atomic mass is 79.9.